The third-order valence-electron chi connectivity index (χ3n) is 2.37. The van der Waals surface area contributed by atoms with E-state index in [0.717, 1.165) is 17.4 Å². The highest BCUT2D eigenvalue weighted by Crippen LogP contribution is 2.26. The Bertz CT molecular complexity index is 478. The first-order valence-electron chi connectivity index (χ1n) is 5.17. The van der Waals surface area contributed by atoms with Crippen molar-refractivity contribution in [1.29, 1.82) is 0 Å². The van der Waals surface area contributed by atoms with Crippen molar-refractivity contribution in [2.75, 3.05) is 33.0 Å². The van der Waals surface area contributed by atoms with Crippen LogP contribution in [0.3, 0.4) is 0 Å². The fourth-order valence-electron chi connectivity index (χ4n) is 1.45. The van der Waals surface area contributed by atoms with Crippen LogP contribution in [0.4, 0.5) is 5.69 Å². The second kappa shape index (κ2) is 4.40. The number of aromatic nitrogens is 2. The highest BCUT2D eigenvalue weighted by molar-refractivity contribution is 5.84. The number of nitrogen functional groups attached to an aromatic ring is 1. The molecule has 0 aliphatic rings. The molecule has 1 heterocycles. The first kappa shape index (κ1) is 10.8. The van der Waals surface area contributed by atoms with Crippen molar-refractivity contribution < 1.29 is 4.74 Å². The number of benzene rings is 1. The zero-order valence-corrected chi connectivity index (χ0v) is 9.53. The van der Waals surface area contributed by atoms with E-state index in [4.69, 9.17) is 10.5 Å². The summed E-state index contributed by atoms with van der Waals surface area (Å²) < 4.78 is 5.61. The molecule has 0 aliphatic carbocycles. The van der Waals surface area contributed by atoms with Crippen molar-refractivity contribution in [1.82, 2.24) is 15.1 Å². The lowest BCUT2D eigenvalue weighted by atomic mass is 10.2. The molecule has 1 aromatic carbocycles. The molecule has 0 bridgehead atoms. The van der Waals surface area contributed by atoms with Crippen LogP contribution in [0.2, 0.25) is 0 Å². The standard InChI is InChI=1S/C11H16N4O/c1-15(2)3-4-16-11-6-10-8(5-9(11)12)7-13-14-10/h5-7H,3-4,12H2,1-2H3,(H,13,14). The first-order chi connectivity index (χ1) is 7.66. The molecule has 86 valence electrons. The zero-order valence-electron chi connectivity index (χ0n) is 9.53. The monoisotopic (exact) mass is 220 g/mol. The third kappa shape index (κ3) is 2.25. The van der Waals surface area contributed by atoms with E-state index < -0.39 is 0 Å². The van der Waals surface area contributed by atoms with Crippen molar-refractivity contribution in [3.8, 4) is 5.75 Å². The molecule has 0 radical (unpaired) electrons. The number of rotatable bonds is 4. The number of hydrogen-bond donors (Lipinski definition) is 2. The Balaban J connectivity index is 2.13. The van der Waals surface area contributed by atoms with Crippen molar-refractivity contribution in [2.24, 2.45) is 0 Å². The predicted octanol–water partition coefficient (Wildman–Crippen LogP) is 1.09. The van der Waals surface area contributed by atoms with E-state index in [9.17, 15) is 0 Å². The summed E-state index contributed by atoms with van der Waals surface area (Å²) in [5.74, 6) is 0.707. The van der Waals surface area contributed by atoms with E-state index in [1.165, 1.54) is 0 Å². The molecular formula is C11H16N4O. The molecule has 0 aliphatic heterocycles. The van der Waals surface area contributed by atoms with Gasteiger partial charge in [-0.25, -0.2) is 0 Å². The molecule has 0 saturated carbocycles. The Labute approximate surface area is 94.2 Å². The van der Waals surface area contributed by atoms with Crippen LogP contribution >= 0.6 is 0 Å². The quantitative estimate of drug-likeness (QED) is 0.757. The van der Waals surface area contributed by atoms with Crippen LogP contribution in [0, 0.1) is 0 Å². The fraction of sp³-hybridized carbons (Fsp3) is 0.364. The molecule has 3 N–H and O–H groups in total. The van der Waals surface area contributed by atoms with E-state index in [0.29, 0.717) is 18.0 Å². The van der Waals surface area contributed by atoms with Crippen molar-refractivity contribution in [3.05, 3.63) is 18.3 Å². The van der Waals surface area contributed by atoms with Gasteiger partial charge >= 0.3 is 0 Å². The van der Waals surface area contributed by atoms with Gasteiger partial charge in [0.25, 0.3) is 0 Å². The van der Waals surface area contributed by atoms with E-state index in [-0.39, 0.29) is 0 Å². The smallest absolute Gasteiger partial charge is 0.144 e. The summed E-state index contributed by atoms with van der Waals surface area (Å²) in [5.41, 5.74) is 7.47. The summed E-state index contributed by atoms with van der Waals surface area (Å²) in [4.78, 5) is 2.06. The van der Waals surface area contributed by atoms with Gasteiger partial charge in [-0.05, 0) is 20.2 Å². The largest absolute Gasteiger partial charge is 0.490 e. The van der Waals surface area contributed by atoms with Gasteiger partial charge < -0.3 is 15.4 Å². The Hall–Kier alpha value is -1.75. The number of hydrogen-bond acceptors (Lipinski definition) is 4. The topological polar surface area (TPSA) is 67.2 Å². The normalized spacial score (nSPS) is 11.2. The van der Waals surface area contributed by atoms with Crippen LogP contribution < -0.4 is 10.5 Å². The first-order valence-corrected chi connectivity index (χ1v) is 5.17. The number of nitrogens with two attached hydrogens (primary N) is 1. The van der Waals surface area contributed by atoms with E-state index in [2.05, 4.69) is 15.1 Å². The molecule has 0 amide bonds. The molecule has 2 aromatic rings. The third-order valence-corrected chi connectivity index (χ3v) is 2.37. The fourth-order valence-corrected chi connectivity index (χ4v) is 1.45. The van der Waals surface area contributed by atoms with Crippen LogP contribution in [-0.4, -0.2) is 42.3 Å². The van der Waals surface area contributed by atoms with Crippen LogP contribution in [0.25, 0.3) is 10.9 Å². The number of nitrogens with one attached hydrogen (secondary N) is 1. The van der Waals surface area contributed by atoms with Gasteiger partial charge in [-0.15, -0.1) is 0 Å². The minimum Gasteiger partial charge on any atom is -0.490 e. The second-order valence-electron chi connectivity index (χ2n) is 4.00. The van der Waals surface area contributed by atoms with Crippen LogP contribution in [-0.2, 0) is 0 Å². The molecular weight excluding hydrogens is 204 g/mol. The predicted molar refractivity (Wildman–Crippen MR) is 64.6 cm³/mol. The number of ether oxygens (including phenoxy) is 1. The van der Waals surface area contributed by atoms with Gasteiger partial charge in [0.15, 0.2) is 0 Å². The Morgan fingerprint density at radius 3 is 3.00 bits per heavy atom. The average molecular weight is 220 g/mol. The summed E-state index contributed by atoms with van der Waals surface area (Å²) in [5, 5.41) is 7.84. The number of nitrogens with zero attached hydrogens (tertiary/aromatic N) is 2. The van der Waals surface area contributed by atoms with Gasteiger partial charge in [-0.3, -0.25) is 5.10 Å². The molecule has 0 unspecified atom stereocenters. The zero-order chi connectivity index (χ0) is 11.5. The Morgan fingerprint density at radius 2 is 2.25 bits per heavy atom. The number of anilines is 1. The Kier molecular flexibility index (Phi) is 2.96. The van der Waals surface area contributed by atoms with Gasteiger partial charge in [-0.1, -0.05) is 0 Å². The maximum Gasteiger partial charge on any atom is 0.144 e. The van der Waals surface area contributed by atoms with E-state index in [1.807, 2.05) is 26.2 Å². The van der Waals surface area contributed by atoms with Gasteiger partial charge in [0.2, 0.25) is 0 Å². The molecule has 16 heavy (non-hydrogen) atoms. The minimum absolute atomic E-state index is 0.622. The van der Waals surface area contributed by atoms with Crippen LogP contribution in [0.15, 0.2) is 18.3 Å². The number of H-pyrrole nitrogens is 1. The van der Waals surface area contributed by atoms with Gasteiger partial charge in [0.05, 0.1) is 17.4 Å². The summed E-state index contributed by atoms with van der Waals surface area (Å²) in [6.07, 6.45) is 1.75. The lowest BCUT2D eigenvalue weighted by molar-refractivity contribution is 0.262. The van der Waals surface area contributed by atoms with Gasteiger partial charge in [0, 0.05) is 18.0 Å². The Morgan fingerprint density at radius 1 is 1.44 bits per heavy atom. The van der Waals surface area contributed by atoms with Gasteiger partial charge in [0.1, 0.15) is 12.4 Å². The highest BCUT2D eigenvalue weighted by atomic mass is 16.5. The minimum atomic E-state index is 0.622. The summed E-state index contributed by atoms with van der Waals surface area (Å²) >= 11 is 0. The van der Waals surface area contributed by atoms with Crippen molar-refractivity contribution in [2.45, 2.75) is 0 Å². The molecule has 5 nitrogen and oxygen atoms in total. The SMILES string of the molecule is CN(C)CCOc1cc2[nH]ncc2cc1N. The summed E-state index contributed by atoms with van der Waals surface area (Å²) in [6.45, 7) is 1.48. The van der Waals surface area contributed by atoms with Gasteiger partial charge in [-0.2, -0.15) is 5.10 Å². The summed E-state index contributed by atoms with van der Waals surface area (Å²) in [7, 11) is 4.01. The molecule has 0 atom stereocenters. The highest BCUT2D eigenvalue weighted by Gasteiger charge is 2.04. The average Bonchev–Trinajstić information content (AvgIpc) is 2.64. The van der Waals surface area contributed by atoms with E-state index in [1.54, 1.807) is 6.20 Å². The lowest BCUT2D eigenvalue weighted by Crippen LogP contribution is -2.19. The molecule has 0 fully saturated rings. The van der Waals surface area contributed by atoms with Crippen molar-refractivity contribution in [3.63, 3.8) is 0 Å². The van der Waals surface area contributed by atoms with Crippen molar-refractivity contribution >= 4 is 16.6 Å². The second-order valence-corrected chi connectivity index (χ2v) is 4.00. The lowest BCUT2D eigenvalue weighted by Gasteiger charge is -2.12. The van der Waals surface area contributed by atoms with Crippen LogP contribution in [0.5, 0.6) is 5.75 Å². The van der Waals surface area contributed by atoms with E-state index >= 15 is 0 Å². The molecule has 0 spiro atoms. The maximum absolute atomic E-state index is 5.88. The molecule has 1 aromatic heterocycles. The number of aromatic amines is 1. The number of likely N-dealkylation sites (N-methyl/N-ethyl adjacent to an activating group) is 1. The number of fused-ring (bicyclic) bond motifs is 1. The summed E-state index contributed by atoms with van der Waals surface area (Å²) in [6, 6.07) is 3.75. The molecule has 5 heteroatoms. The molecule has 2 rings (SSSR count). The van der Waals surface area contributed by atoms with Crippen LogP contribution in [0.1, 0.15) is 0 Å². The molecule has 0 saturated heterocycles. The maximum atomic E-state index is 5.88.